The molecule has 0 unspecified atom stereocenters. The molecule has 3 aromatic carbocycles. The second-order valence-electron chi connectivity index (χ2n) is 9.29. The van der Waals surface area contributed by atoms with Crippen molar-refractivity contribution >= 4 is 35.3 Å². The summed E-state index contributed by atoms with van der Waals surface area (Å²) in [6, 6.07) is 19.7. The number of ether oxygens (including phenoxy) is 3. The summed E-state index contributed by atoms with van der Waals surface area (Å²) in [6.07, 6.45) is 8.10. The van der Waals surface area contributed by atoms with Gasteiger partial charge in [0.2, 0.25) is 0 Å². The molecule has 0 bridgehead atoms. The molecular weight excluding hydrogens is 536 g/mol. The number of para-hydroxylation sites is 2. The van der Waals surface area contributed by atoms with E-state index < -0.39 is 11.7 Å². The predicted molar refractivity (Wildman–Crippen MR) is 157 cm³/mol. The number of nitrogens with zero attached hydrogens (tertiary/aromatic N) is 4. The van der Waals surface area contributed by atoms with Crippen molar-refractivity contribution in [1.29, 1.82) is 0 Å². The molecule has 212 valence electrons. The number of anilines is 1. The maximum atomic E-state index is 12.4. The minimum absolute atomic E-state index is 0.141. The number of amides is 1. The molecule has 5 rings (SSSR count). The minimum atomic E-state index is -0.543. The number of methoxy groups -OCH3 is 2. The van der Waals surface area contributed by atoms with Crippen LogP contribution in [0, 0.1) is 0 Å². The van der Waals surface area contributed by atoms with Crippen LogP contribution in [0.15, 0.2) is 85.1 Å². The van der Waals surface area contributed by atoms with E-state index in [1.54, 1.807) is 66.5 Å². The molecule has 0 aliphatic carbocycles. The first-order chi connectivity index (χ1) is 20.5. The molecule has 0 N–H and O–H groups in total. The van der Waals surface area contributed by atoms with Crippen molar-refractivity contribution in [3.63, 3.8) is 0 Å². The van der Waals surface area contributed by atoms with Crippen LogP contribution in [0.1, 0.15) is 27.2 Å². The van der Waals surface area contributed by atoms with Crippen molar-refractivity contribution in [2.24, 2.45) is 0 Å². The number of hydrogen-bond donors (Lipinski definition) is 0. The summed E-state index contributed by atoms with van der Waals surface area (Å²) in [4.78, 5) is 38.4. The first-order valence-electron chi connectivity index (χ1n) is 13.1. The Morgan fingerprint density at radius 3 is 2.45 bits per heavy atom. The number of benzene rings is 3. The van der Waals surface area contributed by atoms with Crippen LogP contribution >= 0.6 is 0 Å². The summed E-state index contributed by atoms with van der Waals surface area (Å²) in [7, 11) is 3.12. The molecule has 0 saturated carbocycles. The Morgan fingerprint density at radius 1 is 0.857 bits per heavy atom. The van der Waals surface area contributed by atoms with E-state index in [1.165, 1.54) is 24.2 Å². The van der Waals surface area contributed by atoms with Gasteiger partial charge >= 0.3 is 0 Å². The molecule has 1 aliphatic rings. The monoisotopic (exact) mass is 564 g/mol. The van der Waals surface area contributed by atoms with Gasteiger partial charge in [-0.2, -0.15) is 0 Å². The van der Waals surface area contributed by atoms with E-state index in [1.807, 2.05) is 30.3 Å². The number of ketones is 2. The fraction of sp³-hybridized carbons (Fsp3) is 0.156. The first kappa shape index (κ1) is 28.0. The maximum absolute atomic E-state index is 12.4. The summed E-state index contributed by atoms with van der Waals surface area (Å²) in [6.45, 7) is 0.784. The highest BCUT2D eigenvalue weighted by atomic mass is 16.5. The number of carbonyl (C=O) groups is 3. The van der Waals surface area contributed by atoms with Crippen molar-refractivity contribution in [1.82, 2.24) is 15.0 Å². The first-order valence-corrected chi connectivity index (χ1v) is 13.1. The molecule has 0 radical (unpaired) electrons. The Hall–Kier alpha value is -5.51. The fourth-order valence-corrected chi connectivity index (χ4v) is 4.46. The molecule has 10 nitrogen and oxygen atoms in total. The normalized spacial score (nSPS) is 12.8. The van der Waals surface area contributed by atoms with Gasteiger partial charge < -0.3 is 19.1 Å². The Kier molecular flexibility index (Phi) is 8.53. The zero-order valence-electron chi connectivity index (χ0n) is 23.1. The second-order valence-corrected chi connectivity index (χ2v) is 9.29. The predicted octanol–water partition coefficient (Wildman–Crippen LogP) is 4.40. The number of allylic oxidation sites excluding steroid dienone is 2. The number of fused-ring (bicyclic) bond motifs is 1. The SMILES string of the molecule is COc1ccccc1/C=C/C(=O)/C=C/c1ccc(OCc2cn(CCN3C(=O)C(=O)c4ccccc43)nn2)c(OC)c1. The number of rotatable bonds is 12. The van der Waals surface area contributed by atoms with Gasteiger partial charge in [0, 0.05) is 12.1 Å². The molecule has 0 saturated heterocycles. The van der Waals surface area contributed by atoms with Crippen LogP contribution in [0.4, 0.5) is 5.69 Å². The average molecular weight is 565 g/mol. The van der Waals surface area contributed by atoms with E-state index in [4.69, 9.17) is 14.2 Å². The van der Waals surface area contributed by atoms with Gasteiger partial charge in [-0.25, -0.2) is 0 Å². The molecular formula is C32H28N4O6. The summed E-state index contributed by atoms with van der Waals surface area (Å²) < 4.78 is 18.3. The lowest BCUT2D eigenvalue weighted by Crippen LogP contribution is -2.32. The van der Waals surface area contributed by atoms with Crippen molar-refractivity contribution in [2.45, 2.75) is 13.2 Å². The van der Waals surface area contributed by atoms with Gasteiger partial charge in [0.25, 0.3) is 11.7 Å². The van der Waals surface area contributed by atoms with Crippen LogP contribution in [0.5, 0.6) is 17.2 Å². The van der Waals surface area contributed by atoms with Gasteiger partial charge in [-0.15, -0.1) is 5.10 Å². The van der Waals surface area contributed by atoms with Crippen LogP contribution in [0.3, 0.4) is 0 Å². The molecule has 2 heterocycles. The highest BCUT2D eigenvalue weighted by Crippen LogP contribution is 2.30. The van der Waals surface area contributed by atoms with Crippen LogP contribution in [0.25, 0.3) is 12.2 Å². The van der Waals surface area contributed by atoms with Crippen LogP contribution in [-0.4, -0.2) is 53.2 Å². The molecule has 1 aromatic heterocycles. The third kappa shape index (κ3) is 6.28. The van der Waals surface area contributed by atoms with Crippen molar-refractivity contribution in [2.75, 3.05) is 25.7 Å². The lowest BCUT2D eigenvalue weighted by molar-refractivity contribution is -0.114. The highest BCUT2D eigenvalue weighted by Gasteiger charge is 2.35. The van der Waals surface area contributed by atoms with Gasteiger partial charge in [0.15, 0.2) is 17.3 Å². The lowest BCUT2D eigenvalue weighted by Gasteiger charge is -2.15. The average Bonchev–Trinajstić information content (AvgIpc) is 3.58. The quantitative estimate of drug-likeness (QED) is 0.184. The second kappa shape index (κ2) is 12.8. The summed E-state index contributed by atoms with van der Waals surface area (Å²) in [5, 5.41) is 8.25. The van der Waals surface area contributed by atoms with Crippen LogP contribution < -0.4 is 19.1 Å². The van der Waals surface area contributed by atoms with Gasteiger partial charge in [0.05, 0.1) is 38.2 Å². The zero-order chi connectivity index (χ0) is 29.5. The number of hydrogen-bond acceptors (Lipinski definition) is 8. The van der Waals surface area contributed by atoms with Crippen LogP contribution in [0.2, 0.25) is 0 Å². The molecule has 1 amide bonds. The van der Waals surface area contributed by atoms with E-state index in [9.17, 15) is 14.4 Å². The lowest BCUT2D eigenvalue weighted by atomic mass is 10.1. The van der Waals surface area contributed by atoms with E-state index in [2.05, 4.69) is 10.3 Å². The van der Waals surface area contributed by atoms with Gasteiger partial charge in [0.1, 0.15) is 18.1 Å². The Bertz CT molecular complexity index is 1690. The number of aromatic nitrogens is 3. The molecule has 1 aliphatic heterocycles. The smallest absolute Gasteiger partial charge is 0.299 e. The maximum Gasteiger partial charge on any atom is 0.299 e. The molecule has 10 heteroatoms. The van der Waals surface area contributed by atoms with E-state index >= 15 is 0 Å². The van der Waals surface area contributed by atoms with Crippen molar-refractivity contribution in [3.8, 4) is 17.2 Å². The molecule has 0 spiro atoms. The Balaban J connectivity index is 1.16. The van der Waals surface area contributed by atoms with Gasteiger partial charge in [-0.3, -0.25) is 19.1 Å². The van der Waals surface area contributed by atoms with Crippen LogP contribution in [-0.2, 0) is 22.7 Å². The standard InChI is InChI=1S/C32H28N4O6/c1-40-28-10-6-3-7-23(28)13-15-25(37)14-11-22-12-16-29(30(19-22)41-2)42-21-24-20-35(34-33-24)17-18-36-27-9-5-4-8-26(27)31(38)32(36)39/h3-16,19-20H,17-18,21H2,1-2H3/b14-11+,15-13+. The number of carbonyl (C=O) groups excluding carboxylic acids is 3. The topological polar surface area (TPSA) is 113 Å². The molecule has 42 heavy (non-hydrogen) atoms. The minimum Gasteiger partial charge on any atom is -0.496 e. The molecule has 0 atom stereocenters. The third-order valence-corrected chi connectivity index (χ3v) is 6.59. The van der Waals surface area contributed by atoms with Crippen molar-refractivity contribution in [3.05, 3.63) is 107 Å². The van der Waals surface area contributed by atoms with E-state index in [0.29, 0.717) is 40.7 Å². The number of Topliss-reactive ketones (excluding diaryl/α,β-unsaturated/α-hetero) is 1. The van der Waals surface area contributed by atoms with Gasteiger partial charge in [-0.1, -0.05) is 47.7 Å². The van der Waals surface area contributed by atoms with Gasteiger partial charge in [-0.05, 0) is 54.1 Å². The molecule has 0 fully saturated rings. The largest absolute Gasteiger partial charge is 0.496 e. The van der Waals surface area contributed by atoms with E-state index in [0.717, 1.165) is 11.1 Å². The highest BCUT2D eigenvalue weighted by molar-refractivity contribution is 6.52. The summed E-state index contributed by atoms with van der Waals surface area (Å²) in [5.41, 5.74) is 3.18. The zero-order valence-corrected chi connectivity index (χ0v) is 23.1. The molecule has 4 aromatic rings. The Labute approximate surface area is 242 Å². The summed E-state index contributed by atoms with van der Waals surface area (Å²) >= 11 is 0. The summed E-state index contributed by atoms with van der Waals surface area (Å²) in [5.74, 6) is 0.478. The Morgan fingerprint density at radius 2 is 1.62 bits per heavy atom. The van der Waals surface area contributed by atoms with E-state index in [-0.39, 0.29) is 18.9 Å². The van der Waals surface area contributed by atoms with Crippen molar-refractivity contribution < 1.29 is 28.6 Å². The fourth-order valence-electron chi connectivity index (χ4n) is 4.46. The third-order valence-electron chi connectivity index (χ3n) is 6.59.